The number of anilines is 1. The van der Waals surface area contributed by atoms with Crippen LogP contribution in [0.1, 0.15) is 40.1 Å². The maximum absolute atomic E-state index is 13.0. The van der Waals surface area contributed by atoms with Crippen LogP contribution in [0.25, 0.3) is 22.3 Å². The lowest BCUT2D eigenvalue weighted by atomic mass is 10.0. The topological polar surface area (TPSA) is 103 Å². The third-order valence-electron chi connectivity index (χ3n) is 5.54. The van der Waals surface area contributed by atoms with Crippen molar-refractivity contribution in [2.24, 2.45) is 0 Å². The Morgan fingerprint density at radius 1 is 0.914 bits per heavy atom. The van der Waals surface area contributed by atoms with E-state index in [-0.39, 0.29) is 27.9 Å². The second-order valence-corrected chi connectivity index (χ2v) is 8.10. The van der Waals surface area contributed by atoms with Crippen molar-refractivity contribution in [1.82, 2.24) is 0 Å². The lowest BCUT2D eigenvalue weighted by Crippen LogP contribution is -2.24. The number of rotatable bonds is 6. The number of carbonyl (C=O) groups is 3. The average molecular weight is 469 g/mol. The van der Waals surface area contributed by atoms with Crippen LogP contribution in [0, 0.1) is 6.92 Å². The highest BCUT2D eigenvalue weighted by atomic mass is 16.5. The molecule has 1 heterocycles. The average Bonchev–Trinajstić information content (AvgIpc) is 2.86. The molecule has 1 N–H and O–H groups in total. The van der Waals surface area contributed by atoms with Crippen LogP contribution in [0.3, 0.4) is 0 Å². The molecule has 4 rings (SSSR count). The van der Waals surface area contributed by atoms with Gasteiger partial charge in [0, 0.05) is 29.3 Å². The summed E-state index contributed by atoms with van der Waals surface area (Å²) in [5, 5.41) is 2.88. The van der Waals surface area contributed by atoms with E-state index in [1.165, 1.54) is 19.9 Å². The van der Waals surface area contributed by atoms with Crippen LogP contribution in [0.15, 0.2) is 82.0 Å². The maximum atomic E-state index is 13.0. The zero-order chi connectivity index (χ0) is 25.1. The highest BCUT2D eigenvalue weighted by Crippen LogP contribution is 2.28. The molecule has 4 aromatic rings. The number of benzene rings is 3. The van der Waals surface area contributed by atoms with Gasteiger partial charge in [0.05, 0.1) is 5.39 Å². The lowest BCUT2D eigenvalue weighted by molar-refractivity contribution is -0.114. The molecule has 35 heavy (non-hydrogen) atoms. The van der Waals surface area contributed by atoms with Crippen molar-refractivity contribution in [1.29, 1.82) is 0 Å². The zero-order valence-electron chi connectivity index (χ0n) is 19.5. The molecule has 1 amide bonds. The lowest BCUT2D eigenvalue weighted by Gasteiger charge is -2.14. The summed E-state index contributed by atoms with van der Waals surface area (Å²) in [6, 6.07) is 20.1. The molecule has 7 heteroatoms. The van der Waals surface area contributed by atoms with E-state index in [4.69, 9.17) is 9.15 Å². The predicted octanol–water partition coefficient (Wildman–Crippen LogP) is 5.16. The standard InChI is InChI=1S/C28H23NO6/c1-16-24(31)22-10-7-11-23(27(22)35-26(16)20-8-5-4-6-9-20)28(33)34-17(2)25(32)19-12-14-21(15-13-19)29-18(3)30/h4-15,17H,1-3H3,(H,29,30). The zero-order valence-corrected chi connectivity index (χ0v) is 19.5. The van der Waals surface area contributed by atoms with E-state index < -0.39 is 17.9 Å². The van der Waals surface area contributed by atoms with Gasteiger partial charge in [0.2, 0.25) is 11.7 Å². The fraction of sp³-hybridized carbons (Fsp3) is 0.143. The minimum absolute atomic E-state index is 0.0532. The summed E-state index contributed by atoms with van der Waals surface area (Å²) in [6.45, 7) is 4.54. The monoisotopic (exact) mass is 469 g/mol. The summed E-state index contributed by atoms with van der Waals surface area (Å²) in [4.78, 5) is 50.0. The normalized spacial score (nSPS) is 11.6. The summed E-state index contributed by atoms with van der Waals surface area (Å²) < 4.78 is 11.5. The number of ether oxygens (including phenoxy) is 1. The number of fused-ring (bicyclic) bond motifs is 1. The van der Waals surface area contributed by atoms with Crippen LogP contribution in [0.2, 0.25) is 0 Å². The van der Waals surface area contributed by atoms with E-state index >= 15 is 0 Å². The van der Waals surface area contributed by atoms with Crippen molar-refractivity contribution in [3.05, 3.63) is 99.7 Å². The van der Waals surface area contributed by atoms with E-state index in [9.17, 15) is 19.2 Å². The number of nitrogens with one attached hydrogen (secondary N) is 1. The number of hydrogen-bond donors (Lipinski definition) is 1. The Labute approximate surface area is 201 Å². The van der Waals surface area contributed by atoms with Crippen LogP contribution >= 0.6 is 0 Å². The van der Waals surface area contributed by atoms with Crippen LogP contribution in [0.5, 0.6) is 0 Å². The number of hydrogen-bond acceptors (Lipinski definition) is 6. The molecule has 0 saturated heterocycles. The molecule has 0 fully saturated rings. The number of Topliss-reactive ketones (excluding diaryl/α,β-unsaturated/α-hetero) is 1. The number of para-hydroxylation sites is 1. The Balaban J connectivity index is 1.63. The molecule has 0 bridgehead atoms. The third kappa shape index (κ3) is 4.89. The van der Waals surface area contributed by atoms with Crippen LogP contribution < -0.4 is 10.7 Å². The molecule has 1 atom stereocenters. The first-order valence-corrected chi connectivity index (χ1v) is 11.0. The highest BCUT2D eigenvalue weighted by Gasteiger charge is 2.24. The first-order valence-electron chi connectivity index (χ1n) is 11.0. The Bertz CT molecular complexity index is 1490. The molecule has 0 spiro atoms. The van der Waals surface area contributed by atoms with E-state index in [1.807, 2.05) is 30.3 Å². The number of esters is 1. The first kappa shape index (κ1) is 23.6. The van der Waals surface area contributed by atoms with Crippen molar-refractivity contribution in [3.63, 3.8) is 0 Å². The van der Waals surface area contributed by atoms with Crippen LogP contribution in [0.4, 0.5) is 5.69 Å². The molecule has 0 saturated carbocycles. The summed E-state index contributed by atoms with van der Waals surface area (Å²) in [5.74, 6) is -1.04. The van der Waals surface area contributed by atoms with Crippen molar-refractivity contribution >= 4 is 34.3 Å². The van der Waals surface area contributed by atoms with Gasteiger partial charge in [0.1, 0.15) is 11.3 Å². The molecule has 0 aliphatic rings. The molecule has 176 valence electrons. The van der Waals surface area contributed by atoms with Gasteiger partial charge in [-0.3, -0.25) is 14.4 Å². The van der Waals surface area contributed by atoms with Gasteiger partial charge in [0.15, 0.2) is 17.1 Å². The molecular formula is C28H23NO6. The number of ketones is 1. The molecule has 0 aliphatic heterocycles. The van der Waals surface area contributed by atoms with Crippen molar-refractivity contribution in [2.75, 3.05) is 5.32 Å². The minimum atomic E-state index is -1.09. The summed E-state index contributed by atoms with van der Waals surface area (Å²) in [6.07, 6.45) is -1.09. The fourth-order valence-electron chi connectivity index (χ4n) is 3.77. The fourth-order valence-corrected chi connectivity index (χ4v) is 3.77. The van der Waals surface area contributed by atoms with Crippen molar-refractivity contribution < 1.29 is 23.5 Å². The SMILES string of the molecule is CC(=O)Nc1ccc(C(=O)C(C)OC(=O)c2cccc3c(=O)c(C)c(-c4ccccc4)oc23)cc1. The third-order valence-corrected chi connectivity index (χ3v) is 5.54. The first-order chi connectivity index (χ1) is 16.8. The second kappa shape index (κ2) is 9.77. The molecular weight excluding hydrogens is 446 g/mol. The van der Waals surface area contributed by atoms with Gasteiger partial charge in [-0.15, -0.1) is 0 Å². The maximum Gasteiger partial charge on any atom is 0.342 e. The van der Waals surface area contributed by atoms with Gasteiger partial charge in [-0.25, -0.2) is 4.79 Å². The number of amides is 1. The molecule has 3 aromatic carbocycles. The van der Waals surface area contributed by atoms with Gasteiger partial charge in [-0.1, -0.05) is 36.4 Å². The number of carbonyl (C=O) groups excluding carboxylic acids is 3. The minimum Gasteiger partial charge on any atom is -0.455 e. The van der Waals surface area contributed by atoms with E-state index in [0.29, 0.717) is 28.1 Å². The summed E-state index contributed by atoms with van der Waals surface area (Å²) >= 11 is 0. The molecule has 7 nitrogen and oxygen atoms in total. The smallest absolute Gasteiger partial charge is 0.342 e. The Hall–Kier alpha value is -4.52. The molecule has 1 unspecified atom stereocenters. The van der Waals surface area contributed by atoms with Gasteiger partial charge in [-0.05, 0) is 50.2 Å². The highest BCUT2D eigenvalue weighted by molar-refractivity contribution is 6.05. The van der Waals surface area contributed by atoms with Gasteiger partial charge in [-0.2, -0.15) is 0 Å². The van der Waals surface area contributed by atoms with Crippen LogP contribution in [-0.2, 0) is 9.53 Å². The predicted molar refractivity (Wildman–Crippen MR) is 133 cm³/mol. The van der Waals surface area contributed by atoms with Gasteiger partial charge >= 0.3 is 5.97 Å². The Kier molecular flexibility index (Phi) is 6.59. The molecule has 0 radical (unpaired) electrons. The van der Waals surface area contributed by atoms with Crippen molar-refractivity contribution in [2.45, 2.75) is 26.9 Å². The second-order valence-electron chi connectivity index (χ2n) is 8.10. The van der Waals surface area contributed by atoms with Crippen molar-refractivity contribution in [3.8, 4) is 11.3 Å². The van der Waals surface area contributed by atoms with Gasteiger partial charge in [0.25, 0.3) is 0 Å². The van der Waals surface area contributed by atoms with E-state index in [2.05, 4.69) is 5.32 Å². The molecule has 0 aliphatic carbocycles. The van der Waals surface area contributed by atoms with Gasteiger partial charge < -0.3 is 14.5 Å². The summed E-state index contributed by atoms with van der Waals surface area (Å²) in [5.41, 5.74) is 1.92. The van der Waals surface area contributed by atoms with E-state index in [0.717, 1.165) is 0 Å². The Morgan fingerprint density at radius 3 is 2.26 bits per heavy atom. The Morgan fingerprint density at radius 2 is 1.60 bits per heavy atom. The largest absolute Gasteiger partial charge is 0.455 e. The quantitative estimate of drug-likeness (QED) is 0.309. The van der Waals surface area contributed by atoms with E-state index in [1.54, 1.807) is 43.3 Å². The molecule has 1 aromatic heterocycles. The summed E-state index contributed by atoms with van der Waals surface area (Å²) in [7, 11) is 0. The van der Waals surface area contributed by atoms with Crippen LogP contribution in [-0.4, -0.2) is 23.8 Å².